The van der Waals surface area contributed by atoms with Crippen LogP contribution in [-0.4, -0.2) is 6.85 Å². The molecule has 0 saturated carbocycles. The molecule has 2 nitrogen and oxygen atoms in total. The number of anilines is 5. The highest BCUT2D eigenvalue weighted by Crippen LogP contribution is 2.63. The van der Waals surface area contributed by atoms with Gasteiger partial charge in [0, 0.05) is 59.5 Å². The Kier molecular flexibility index (Phi) is 7.98. The standard InChI is InChI=1S/C65H45BN2S/c1-40-34-35-54(47(36-40)41-20-7-4-8-21-41)67-56-37-48-45-27-14-18-33-58(45)69-59(48)39-53(56)66-62-57(67)38-49-44-26-13-15-29-50(44)64(2,3)61(49)60(62)46-28-19-31-52-63(46)68(66)55-32-17-16-30-51(55)65(52,42-22-9-5-10-23-42)43-24-11-6-12-25-43/h4-39H,1-3H3. The van der Waals surface area contributed by atoms with E-state index in [1.54, 1.807) is 0 Å². The summed E-state index contributed by atoms with van der Waals surface area (Å²) in [5, 5.41) is 2.60. The van der Waals surface area contributed by atoms with Gasteiger partial charge in [0.05, 0.1) is 11.1 Å². The molecular weight excluding hydrogens is 852 g/mol. The predicted octanol–water partition coefficient (Wildman–Crippen LogP) is 15.7. The normalized spacial score (nSPS) is 15.0. The van der Waals surface area contributed by atoms with Gasteiger partial charge in [-0.3, -0.25) is 0 Å². The molecule has 3 aliphatic heterocycles. The summed E-state index contributed by atoms with van der Waals surface area (Å²) < 4.78 is 2.63. The predicted molar refractivity (Wildman–Crippen MR) is 293 cm³/mol. The van der Waals surface area contributed by atoms with Crippen molar-refractivity contribution in [2.75, 3.05) is 9.71 Å². The lowest BCUT2D eigenvalue weighted by molar-refractivity contribution is 0.662. The van der Waals surface area contributed by atoms with Crippen LogP contribution in [0.5, 0.6) is 0 Å². The van der Waals surface area contributed by atoms with Crippen LogP contribution in [0.3, 0.4) is 0 Å². The summed E-state index contributed by atoms with van der Waals surface area (Å²) in [5.41, 5.74) is 24.9. The van der Waals surface area contributed by atoms with E-state index in [0.717, 1.165) is 0 Å². The zero-order valence-electron chi connectivity index (χ0n) is 38.7. The zero-order valence-corrected chi connectivity index (χ0v) is 39.5. The fourth-order valence-corrected chi connectivity index (χ4v) is 14.5. The van der Waals surface area contributed by atoms with Crippen LogP contribution in [0, 0.1) is 6.92 Å². The number of rotatable bonds is 4. The summed E-state index contributed by atoms with van der Waals surface area (Å²) >= 11 is 1.92. The molecule has 0 amide bonds. The van der Waals surface area contributed by atoms with E-state index in [1.165, 1.54) is 132 Å². The summed E-state index contributed by atoms with van der Waals surface area (Å²) in [7, 11) is 0. The maximum atomic E-state index is 2.78. The lowest BCUT2D eigenvalue weighted by Crippen LogP contribution is -2.63. The minimum Gasteiger partial charge on any atom is -0.376 e. The number of thiophene rings is 1. The van der Waals surface area contributed by atoms with Crippen LogP contribution in [0.25, 0.3) is 53.6 Å². The summed E-state index contributed by atoms with van der Waals surface area (Å²) in [5.74, 6) is 0. The second-order valence-electron chi connectivity index (χ2n) is 20.0. The molecule has 0 radical (unpaired) electrons. The molecule has 0 unspecified atom stereocenters. The third kappa shape index (κ3) is 5.06. The molecule has 324 valence electrons. The first-order valence-corrected chi connectivity index (χ1v) is 25.1. The Hall–Kier alpha value is -7.92. The van der Waals surface area contributed by atoms with E-state index in [1.807, 2.05) is 11.3 Å². The Bertz CT molecular complexity index is 3930. The molecule has 0 atom stereocenters. The van der Waals surface area contributed by atoms with Gasteiger partial charge in [0.25, 0.3) is 0 Å². The first kappa shape index (κ1) is 39.1. The van der Waals surface area contributed by atoms with Gasteiger partial charge in [-0.15, -0.1) is 11.3 Å². The van der Waals surface area contributed by atoms with Gasteiger partial charge >= 0.3 is 6.85 Å². The van der Waals surface area contributed by atoms with Crippen molar-refractivity contribution >= 4 is 77.7 Å². The molecule has 10 aromatic carbocycles. The van der Waals surface area contributed by atoms with Crippen molar-refractivity contribution in [1.82, 2.24) is 0 Å². The van der Waals surface area contributed by atoms with Crippen LogP contribution >= 0.6 is 11.3 Å². The SMILES string of the molecule is Cc1ccc(N2c3cc4c(cc3B3c5c2cc2c(c5-c5cccc6c5N3c3ccccc3C6(c3ccccc3)c3ccccc3)C(C)(C)c3ccccc3-2)sc2ccccc24)c(-c2ccccc2)c1. The van der Waals surface area contributed by atoms with Crippen molar-refractivity contribution in [2.45, 2.75) is 31.6 Å². The molecule has 1 aromatic heterocycles. The summed E-state index contributed by atoms with van der Waals surface area (Å²) in [6.45, 7) is 7.01. The van der Waals surface area contributed by atoms with Crippen molar-refractivity contribution in [1.29, 1.82) is 0 Å². The third-order valence-corrected chi connectivity index (χ3v) is 17.2. The van der Waals surface area contributed by atoms with Crippen molar-refractivity contribution in [3.8, 4) is 33.4 Å². The van der Waals surface area contributed by atoms with Gasteiger partial charge in [-0.2, -0.15) is 0 Å². The number of para-hydroxylation sites is 2. The molecule has 4 heterocycles. The molecule has 1 aliphatic carbocycles. The van der Waals surface area contributed by atoms with Crippen molar-refractivity contribution < 1.29 is 0 Å². The van der Waals surface area contributed by atoms with Crippen LogP contribution in [0.1, 0.15) is 52.8 Å². The fourth-order valence-electron chi connectivity index (χ4n) is 13.4. The highest BCUT2D eigenvalue weighted by atomic mass is 32.1. The van der Waals surface area contributed by atoms with E-state index in [-0.39, 0.29) is 12.3 Å². The van der Waals surface area contributed by atoms with E-state index < -0.39 is 5.41 Å². The van der Waals surface area contributed by atoms with E-state index >= 15 is 0 Å². The number of fused-ring (bicyclic) bond motifs is 13. The monoisotopic (exact) mass is 896 g/mol. The van der Waals surface area contributed by atoms with Crippen LogP contribution in [0.2, 0.25) is 0 Å². The molecule has 0 spiro atoms. The number of nitrogens with zero attached hydrogens (tertiary/aromatic N) is 2. The maximum absolute atomic E-state index is 2.78. The third-order valence-electron chi connectivity index (χ3n) is 16.1. The van der Waals surface area contributed by atoms with Gasteiger partial charge in [-0.25, -0.2) is 0 Å². The Balaban J connectivity index is 1.16. The number of hydrogen-bond acceptors (Lipinski definition) is 3. The van der Waals surface area contributed by atoms with Crippen molar-refractivity contribution in [2.24, 2.45) is 0 Å². The largest absolute Gasteiger partial charge is 0.376 e. The van der Waals surface area contributed by atoms with Gasteiger partial charge in [-0.1, -0.05) is 195 Å². The molecule has 0 fully saturated rings. The highest BCUT2D eigenvalue weighted by molar-refractivity contribution is 7.26. The van der Waals surface area contributed by atoms with Gasteiger partial charge in [0.2, 0.25) is 0 Å². The average Bonchev–Trinajstić information content (AvgIpc) is 3.88. The average molecular weight is 897 g/mol. The van der Waals surface area contributed by atoms with Gasteiger partial charge in [0.15, 0.2) is 0 Å². The lowest BCUT2D eigenvalue weighted by Gasteiger charge is -2.53. The summed E-state index contributed by atoms with van der Waals surface area (Å²) in [6.07, 6.45) is 0. The molecule has 4 aliphatic rings. The first-order chi connectivity index (χ1) is 33.9. The number of hydrogen-bond donors (Lipinski definition) is 0. The maximum Gasteiger partial charge on any atom is 0.333 e. The van der Waals surface area contributed by atoms with E-state index in [9.17, 15) is 0 Å². The molecule has 0 N–H and O–H groups in total. The molecule has 4 heteroatoms. The van der Waals surface area contributed by atoms with Crippen LogP contribution in [-0.2, 0) is 10.8 Å². The minimum absolute atomic E-state index is 0.148. The van der Waals surface area contributed by atoms with E-state index in [2.05, 4.69) is 249 Å². The Morgan fingerprint density at radius 3 is 1.88 bits per heavy atom. The van der Waals surface area contributed by atoms with Crippen LogP contribution in [0.4, 0.5) is 28.4 Å². The smallest absolute Gasteiger partial charge is 0.333 e. The number of aryl methyl sites for hydroxylation is 1. The van der Waals surface area contributed by atoms with E-state index in [0.29, 0.717) is 0 Å². The summed E-state index contributed by atoms with van der Waals surface area (Å²) in [6, 6.07) is 83.1. The molecule has 15 rings (SSSR count). The fraction of sp³-hybridized carbons (Fsp3) is 0.0769. The number of benzene rings is 10. The highest BCUT2D eigenvalue weighted by Gasteiger charge is 2.55. The lowest BCUT2D eigenvalue weighted by atomic mass is 9.41. The molecule has 0 bridgehead atoms. The first-order valence-electron chi connectivity index (χ1n) is 24.3. The second kappa shape index (κ2) is 14.1. The van der Waals surface area contributed by atoms with Gasteiger partial charge in [-0.05, 0) is 116 Å². The Labute approximate surface area is 407 Å². The van der Waals surface area contributed by atoms with Crippen molar-refractivity contribution in [3.63, 3.8) is 0 Å². The zero-order chi connectivity index (χ0) is 45.8. The van der Waals surface area contributed by atoms with Gasteiger partial charge in [0.1, 0.15) is 0 Å². The Morgan fingerprint density at radius 2 is 1.10 bits per heavy atom. The van der Waals surface area contributed by atoms with E-state index in [4.69, 9.17) is 0 Å². The minimum atomic E-state index is -0.594. The second-order valence-corrected chi connectivity index (χ2v) is 21.1. The molecule has 11 aromatic rings. The van der Waals surface area contributed by atoms with Crippen molar-refractivity contribution in [3.05, 3.63) is 257 Å². The topological polar surface area (TPSA) is 6.48 Å². The molecule has 69 heavy (non-hydrogen) atoms. The quantitative estimate of drug-likeness (QED) is 0.162. The van der Waals surface area contributed by atoms with Crippen LogP contribution < -0.4 is 20.6 Å². The molecular formula is C65H45BN2S. The van der Waals surface area contributed by atoms with Crippen LogP contribution in [0.15, 0.2) is 218 Å². The Morgan fingerprint density at radius 1 is 0.449 bits per heavy atom. The summed E-state index contributed by atoms with van der Waals surface area (Å²) in [4.78, 5) is 5.44. The molecule has 0 saturated heterocycles. The van der Waals surface area contributed by atoms with Gasteiger partial charge < -0.3 is 9.71 Å².